The van der Waals surface area contributed by atoms with Crippen molar-refractivity contribution in [3.05, 3.63) is 60.7 Å². The van der Waals surface area contributed by atoms with E-state index < -0.39 is 41.3 Å². The predicted molar refractivity (Wildman–Crippen MR) is 144 cm³/mol. The summed E-state index contributed by atoms with van der Waals surface area (Å²) in [6.07, 6.45) is 1.02. The summed E-state index contributed by atoms with van der Waals surface area (Å²) in [5.41, 5.74) is -0.598. The zero-order valence-electron chi connectivity index (χ0n) is 22.1. The number of benzene rings is 2. The first-order chi connectivity index (χ1) is 16.6. The molecule has 1 aliphatic heterocycles. The highest BCUT2D eigenvalue weighted by molar-refractivity contribution is 7.86. The highest BCUT2D eigenvalue weighted by atomic mass is 32.2. The number of amides is 1. The van der Waals surface area contributed by atoms with Crippen molar-refractivity contribution >= 4 is 34.9 Å². The first-order valence-corrected chi connectivity index (χ1v) is 16.1. The van der Waals surface area contributed by atoms with Crippen LogP contribution < -0.4 is 10.4 Å². The third-order valence-electron chi connectivity index (χ3n) is 6.80. The molecule has 1 atom stereocenters. The zero-order chi connectivity index (χ0) is 26.8. The Hall–Kier alpha value is -2.20. The van der Waals surface area contributed by atoms with Gasteiger partial charge in [0.1, 0.15) is 5.60 Å². The molecule has 0 bridgehead atoms. The molecule has 0 aromatic heterocycles. The van der Waals surface area contributed by atoms with E-state index in [1.165, 1.54) is 0 Å². The van der Waals surface area contributed by atoms with Crippen LogP contribution in [0.25, 0.3) is 0 Å². The van der Waals surface area contributed by atoms with Crippen LogP contribution in [0.5, 0.6) is 0 Å². The molecule has 9 heteroatoms. The summed E-state index contributed by atoms with van der Waals surface area (Å²) < 4.78 is 35.1. The average molecular weight is 534 g/mol. The van der Waals surface area contributed by atoms with Crippen LogP contribution in [-0.2, 0) is 19.0 Å². The first kappa shape index (κ1) is 28.4. The molecule has 1 fully saturated rings. The summed E-state index contributed by atoms with van der Waals surface area (Å²) in [6.45, 7) is 10.3. The number of likely N-dealkylation sites (tertiary alicyclic amines) is 1. The van der Waals surface area contributed by atoms with Crippen molar-refractivity contribution in [3.8, 4) is 0 Å². The SMILES string of the molecule is CC(C)(C)OC(=O)N1CC([C@@H](CCC(C)(C)[Si](O)(c2ccccc2)c2ccccc2)OS(C)(=O)=O)C1. The number of rotatable bonds is 9. The molecular weight excluding hydrogens is 494 g/mol. The minimum absolute atomic E-state index is 0.133. The van der Waals surface area contributed by atoms with Crippen LogP contribution in [0.1, 0.15) is 47.5 Å². The molecule has 1 heterocycles. The second-order valence-electron chi connectivity index (χ2n) is 11.3. The molecule has 0 aliphatic carbocycles. The Morgan fingerprint density at radius 1 is 1.00 bits per heavy atom. The first-order valence-electron chi connectivity index (χ1n) is 12.3. The summed E-state index contributed by atoms with van der Waals surface area (Å²) in [5.74, 6) is -0.133. The van der Waals surface area contributed by atoms with Crippen LogP contribution >= 0.6 is 0 Å². The number of carbonyl (C=O) groups is 1. The summed E-state index contributed by atoms with van der Waals surface area (Å²) in [6, 6.07) is 19.5. The lowest BCUT2D eigenvalue weighted by atomic mass is 9.89. The fraction of sp³-hybridized carbons (Fsp3) is 0.519. The van der Waals surface area contributed by atoms with Crippen molar-refractivity contribution < 1.29 is 26.9 Å². The lowest BCUT2D eigenvalue weighted by Crippen LogP contribution is -2.65. The molecule has 1 aliphatic rings. The molecule has 0 unspecified atom stereocenters. The molecule has 1 amide bonds. The van der Waals surface area contributed by atoms with E-state index in [1.807, 2.05) is 95.3 Å². The molecule has 0 radical (unpaired) electrons. The quantitative estimate of drug-likeness (QED) is 0.392. The molecule has 3 rings (SSSR count). The smallest absolute Gasteiger partial charge is 0.410 e. The van der Waals surface area contributed by atoms with E-state index in [0.717, 1.165) is 16.6 Å². The van der Waals surface area contributed by atoms with Gasteiger partial charge in [0.2, 0.25) is 0 Å². The van der Waals surface area contributed by atoms with Gasteiger partial charge in [-0.2, -0.15) is 8.42 Å². The van der Waals surface area contributed by atoms with E-state index in [1.54, 1.807) is 4.90 Å². The fourth-order valence-electron chi connectivity index (χ4n) is 4.80. The highest BCUT2D eigenvalue weighted by Gasteiger charge is 2.50. The second-order valence-corrected chi connectivity index (χ2v) is 16.9. The standard InChI is InChI=1S/C27H39NO6SSi/c1-26(2,3)33-25(29)28-19-21(20-28)24(34-35(6,30)31)17-18-27(4,5)36(32,22-13-9-7-10-14-22)23-15-11-8-12-16-23/h7-16,21,24,32H,17-20H2,1-6H3/t24-/m1/s1. The third kappa shape index (κ3) is 6.76. The predicted octanol–water partition coefficient (Wildman–Crippen LogP) is 3.51. The maximum atomic E-state index is 12.4. The summed E-state index contributed by atoms with van der Waals surface area (Å²) in [7, 11) is -6.93. The monoisotopic (exact) mass is 533 g/mol. The molecule has 36 heavy (non-hydrogen) atoms. The molecule has 2 aromatic rings. The minimum Gasteiger partial charge on any atom is -0.444 e. The van der Waals surface area contributed by atoms with Crippen molar-refractivity contribution in [2.75, 3.05) is 19.3 Å². The minimum atomic E-state index is -3.70. The number of hydrogen-bond acceptors (Lipinski definition) is 6. The van der Waals surface area contributed by atoms with E-state index in [0.29, 0.717) is 25.9 Å². The van der Waals surface area contributed by atoms with Gasteiger partial charge in [0.25, 0.3) is 18.4 Å². The van der Waals surface area contributed by atoms with Gasteiger partial charge in [0, 0.05) is 19.0 Å². The van der Waals surface area contributed by atoms with E-state index in [-0.39, 0.29) is 5.92 Å². The van der Waals surface area contributed by atoms with Gasteiger partial charge in [0.15, 0.2) is 0 Å². The maximum absolute atomic E-state index is 12.4. The molecule has 198 valence electrons. The van der Waals surface area contributed by atoms with Crippen molar-refractivity contribution in [1.82, 2.24) is 4.90 Å². The molecule has 2 aromatic carbocycles. The number of nitrogens with zero attached hydrogens (tertiary/aromatic N) is 1. The summed E-state index contributed by atoms with van der Waals surface area (Å²) in [4.78, 5) is 26.3. The second kappa shape index (κ2) is 10.7. The Bertz CT molecular complexity index is 1090. The Balaban J connectivity index is 1.80. The number of ether oxygens (including phenoxy) is 1. The van der Waals surface area contributed by atoms with Crippen LogP contribution in [0.3, 0.4) is 0 Å². The van der Waals surface area contributed by atoms with E-state index in [4.69, 9.17) is 8.92 Å². The molecule has 1 N–H and O–H groups in total. The van der Waals surface area contributed by atoms with Crippen LogP contribution in [0.2, 0.25) is 5.04 Å². The van der Waals surface area contributed by atoms with Gasteiger partial charge >= 0.3 is 6.09 Å². The topological polar surface area (TPSA) is 93.1 Å². The van der Waals surface area contributed by atoms with Crippen molar-refractivity contribution in [2.24, 2.45) is 5.92 Å². The summed E-state index contributed by atoms with van der Waals surface area (Å²) in [5, 5.41) is 1.27. The Kier molecular flexibility index (Phi) is 8.39. The molecule has 0 spiro atoms. The maximum Gasteiger partial charge on any atom is 0.410 e. The van der Waals surface area contributed by atoms with Crippen LogP contribution in [-0.4, -0.2) is 63.6 Å². The zero-order valence-corrected chi connectivity index (χ0v) is 23.9. The third-order valence-corrected chi connectivity index (χ3v) is 11.9. The molecule has 7 nitrogen and oxygen atoms in total. The van der Waals surface area contributed by atoms with E-state index in [9.17, 15) is 18.0 Å². The van der Waals surface area contributed by atoms with Gasteiger partial charge in [-0.1, -0.05) is 74.5 Å². The highest BCUT2D eigenvalue weighted by Crippen LogP contribution is 2.41. The molecule has 0 saturated carbocycles. The van der Waals surface area contributed by atoms with Crippen LogP contribution in [0, 0.1) is 5.92 Å². The van der Waals surface area contributed by atoms with Gasteiger partial charge in [-0.25, -0.2) is 4.79 Å². The number of hydrogen-bond donors (Lipinski definition) is 1. The van der Waals surface area contributed by atoms with Gasteiger partial charge in [-0.05, 0) is 49.0 Å². The average Bonchev–Trinajstić information content (AvgIpc) is 2.74. The Morgan fingerprint density at radius 2 is 1.47 bits per heavy atom. The normalized spacial score (nSPS) is 16.4. The van der Waals surface area contributed by atoms with E-state index in [2.05, 4.69) is 0 Å². The van der Waals surface area contributed by atoms with Crippen LogP contribution in [0.15, 0.2) is 60.7 Å². The van der Waals surface area contributed by atoms with Gasteiger partial charge in [-0.3, -0.25) is 4.18 Å². The lowest BCUT2D eigenvalue weighted by molar-refractivity contribution is -0.0255. The van der Waals surface area contributed by atoms with E-state index >= 15 is 0 Å². The largest absolute Gasteiger partial charge is 0.444 e. The van der Waals surface area contributed by atoms with Crippen molar-refractivity contribution in [1.29, 1.82) is 0 Å². The van der Waals surface area contributed by atoms with Gasteiger partial charge < -0.3 is 14.4 Å². The fourth-order valence-corrected chi connectivity index (χ4v) is 9.26. The Labute approximate surface area is 216 Å². The molecule has 1 saturated heterocycles. The lowest BCUT2D eigenvalue weighted by Gasteiger charge is -2.45. The van der Waals surface area contributed by atoms with Crippen molar-refractivity contribution in [2.45, 2.75) is 64.2 Å². The number of carbonyl (C=O) groups excluding carboxylic acids is 1. The van der Waals surface area contributed by atoms with Gasteiger partial charge in [-0.15, -0.1) is 0 Å². The molecular formula is C27H39NO6SSi. The van der Waals surface area contributed by atoms with Gasteiger partial charge in [0.05, 0.1) is 12.4 Å². The van der Waals surface area contributed by atoms with Crippen LogP contribution in [0.4, 0.5) is 4.79 Å². The van der Waals surface area contributed by atoms with Crippen molar-refractivity contribution in [3.63, 3.8) is 0 Å². The summed E-state index contributed by atoms with van der Waals surface area (Å²) >= 11 is 0. The Morgan fingerprint density at radius 3 is 1.89 bits per heavy atom.